The zero-order valence-electron chi connectivity index (χ0n) is 10.7. The van der Waals surface area contributed by atoms with Gasteiger partial charge in [-0.3, -0.25) is 9.69 Å². The molecule has 1 aliphatic rings. The molecule has 0 radical (unpaired) electrons. The number of carbonyl (C=O) groups is 1. The van der Waals surface area contributed by atoms with Crippen LogP contribution in [0.25, 0.3) is 0 Å². The van der Waals surface area contributed by atoms with Gasteiger partial charge in [0.05, 0.1) is 0 Å². The Labute approximate surface area is 105 Å². The van der Waals surface area contributed by atoms with Crippen LogP contribution in [0, 0.1) is 5.92 Å². The third-order valence-corrected chi connectivity index (χ3v) is 3.64. The van der Waals surface area contributed by atoms with Crippen LogP contribution in [0.2, 0.25) is 0 Å². The van der Waals surface area contributed by atoms with E-state index < -0.39 is 24.6 Å². The van der Waals surface area contributed by atoms with E-state index in [4.69, 9.17) is 5.11 Å². The highest BCUT2D eigenvalue weighted by molar-refractivity contribution is 5.74. The number of aliphatic carboxylic acids is 1. The van der Waals surface area contributed by atoms with E-state index in [1.54, 1.807) is 0 Å². The number of likely N-dealkylation sites (tertiary alicyclic amines) is 1. The summed E-state index contributed by atoms with van der Waals surface area (Å²) in [5, 5.41) is 9.14. The minimum atomic E-state index is -4.12. The van der Waals surface area contributed by atoms with E-state index in [1.807, 2.05) is 18.7 Å². The van der Waals surface area contributed by atoms with Gasteiger partial charge in [-0.15, -0.1) is 0 Å². The highest BCUT2D eigenvalue weighted by atomic mass is 19.4. The van der Waals surface area contributed by atoms with Gasteiger partial charge in [0.15, 0.2) is 0 Å². The molecule has 18 heavy (non-hydrogen) atoms. The van der Waals surface area contributed by atoms with Crippen LogP contribution in [0.4, 0.5) is 13.2 Å². The third-order valence-electron chi connectivity index (χ3n) is 3.64. The Bertz CT molecular complexity index is 294. The summed E-state index contributed by atoms with van der Waals surface area (Å²) in [5.41, 5.74) is 0. The van der Waals surface area contributed by atoms with Gasteiger partial charge < -0.3 is 5.11 Å². The molecule has 0 amide bonds. The van der Waals surface area contributed by atoms with Crippen molar-refractivity contribution in [1.82, 2.24) is 4.90 Å². The average Bonchev–Trinajstić information content (AvgIpc) is 2.58. The maximum Gasteiger partial charge on any atom is 0.389 e. The number of hydrogen-bond donors (Lipinski definition) is 1. The van der Waals surface area contributed by atoms with Crippen LogP contribution in [0.3, 0.4) is 0 Å². The normalized spacial score (nSPS) is 27.4. The lowest BCUT2D eigenvalue weighted by molar-refractivity contribution is -0.145. The second kappa shape index (κ2) is 5.91. The van der Waals surface area contributed by atoms with Gasteiger partial charge in [-0.25, -0.2) is 0 Å². The van der Waals surface area contributed by atoms with Crippen molar-refractivity contribution >= 4 is 5.97 Å². The van der Waals surface area contributed by atoms with Gasteiger partial charge in [0.1, 0.15) is 6.04 Å². The lowest BCUT2D eigenvalue weighted by atomic mass is 10.0. The zero-order valence-corrected chi connectivity index (χ0v) is 10.7. The van der Waals surface area contributed by atoms with Gasteiger partial charge >= 0.3 is 12.1 Å². The quantitative estimate of drug-likeness (QED) is 0.832. The molecule has 0 saturated carbocycles. The largest absolute Gasteiger partial charge is 0.480 e. The number of hydrogen-bond acceptors (Lipinski definition) is 2. The Hall–Kier alpha value is -0.780. The molecule has 3 atom stereocenters. The number of halogens is 3. The lowest BCUT2D eigenvalue weighted by Crippen LogP contribution is -2.44. The fourth-order valence-electron chi connectivity index (χ4n) is 2.62. The van der Waals surface area contributed by atoms with Gasteiger partial charge in [-0.2, -0.15) is 13.2 Å². The van der Waals surface area contributed by atoms with Crippen molar-refractivity contribution in [2.75, 3.05) is 6.54 Å². The minimum absolute atomic E-state index is 0.0574. The molecule has 0 aromatic carbocycles. The van der Waals surface area contributed by atoms with Crippen LogP contribution in [0.5, 0.6) is 0 Å². The second-order valence-electron chi connectivity index (χ2n) is 5.14. The molecular formula is C12H20F3NO2. The van der Waals surface area contributed by atoms with Crippen LogP contribution >= 0.6 is 0 Å². The fraction of sp³-hybridized carbons (Fsp3) is 0.917. The molecule has 6 heteroatoms. The summed E-state index contributed by atoms with van der Waals surface area (Å²) in [4.78, 5) is 13.0. The monoisotopic (exact) mass is 267 g/mol. The zero-order chi connectivity index (χ0) is 13.9. The molecule has 3 unspecified atom stereocenters. The third kappa shape index (κ3) is 4.15. The van der Waals surface area contributed by atoms with Gasteiger partial charge in [0, 0.05) is 12.5 Å². The number of rotatable bonds is 5. The van der Waals surface area contributed by atoms with Crippen molar-refractivity contribution in [3.05, 3.63) is 0 Å². The Morgan fingerprint density at radius 1 is 1.50 bits per heavy atom. The molecule has 0 aromatic rings. The Morgan fingerprint density at radius 2 is 2.11 bits per heavy atom. The minimum Gasteiger partial charge on any atom is -0.480 e. The Balaban J connectivity index is 2.46. The summed E-state index contributed by atoms with van der Waals surface area (Å²) < 4.78 is 36.1. The first-order chi connectivity index (χ1) is 8.22. The van der Waals surface area contributed by atoms with E-state index in [2.05, 4.69) is 0 Å². The first-order valence-corrected chi connectivity index (χ1v) is 6.27. The van der Waals surface area contributed by atoms with E-state index in [-0.39, 0.29) is 18.4 Å². The molecule has 106 valence electrons. The van der Waals surface area contributed by atoms with E-state index >= 15 is 0 Å². The van der Waals surface area contributed by atoms with E-state index in [1.165, 1.54) is 0 Å². The second-order valence-corrected chi connectivity index (χ2v) is 5.14. The number of nitrogens with zero attached hydrogens (tertiary/aromatic N) is 1. The van der Waals surface area contributed by atoms with Crippen molar-refractivity contribution in [2.24, 2.45) is 5.92 Å². The molecule has 1 N–H and O–H groups in total. The molecule has 0 spiro atoms. The first kappa shape index (κ1) is 15.3. The molecule has 1 fully saturated rings. The highest BCUT2D eigenvalue weighted by Crippen LogP contribution is 2.29. The molecule has 1 saturated heterocycles. The summed E-state index contributed by atoms with van der Waals surface area (Å²) in [6, 6.07) is -0.663. The topological polar surface area (TPSA) is 40.5 Å². The Kier molecular flexibility index (Phi) is 5.01. The number of carboxylic acids is 1. The van der Waals surface area contributed by atoms with Gasteiger partial charge in [-0.1, -0.05) is 6.92 Å². The first-order valence-electron chi connectivity index (χ1n) is 6.27. The maximum absolute atomic E-state index is 12.0. The smallest absolute Gasteiger partial charge is 0.389 e. The predicted molar refractivity (Wildman–Crippen MR) is 61.3 cm³/mol. The molecule has 1 aliphatic heterocycles. The van der Waals surface area contributed by atoms with E-state index in [9.17, 15) is 18.0 Å². The number of carboxylic acid groups (broad SMARTS) is 1. The standard InChI is InChI=1S/C12H20F3NO2/c1-8-5-7-16(10(8)11(17)18)9(2)4-3-6-12(13,14)15/h8-10H,3-7H2,1-2H3,(H,17,18). The molecule has 0 aliphatic carbocycles. The predicted octanol–water partition coefficient (Wildman–Crippen LogP) is 2.90. The van der Waals surface area contributed by atoms with Crippen LogP contribution in [-0.4, -0.2) is 40.8 Å². The fourth-order valence-corrected chi connectivity index (χ4v) is 2.62. The van der Waals surface area contributed by atoms with Crippen LogP contribution in [-0.2, 0) is 4.79 Å². The number of alkyl halides is 3. The van der Waals surface area contributed by atoms with Crippen molar-refractivity contribution in [3.8, 4) is 0 Å². The molecular weight excluding hydrogens is 247 g/mol. The lowest BCUT2D eigenvalue weighted by Gasteiger charge is -2.29. The van der Waals surface area contributed by atoms with Gasteiger partial charge in [0.25, 0.3) is 0 Å². The summed E-state index contributed by atoms with van der Waals surface area (Å²) in [5.74, 6) is -0.810. The summed E-state index contributed by atoms with van der Waals surface area (Å²) >= 11 is 0. The molecule has 0 aromatic heterocycles. The SMILES string of the molecule is CC1CCN(C(C)CCCC(F)(F)F)C1C(=O)O. The van der Waals surface area contributed by atoms with Crippen LogP contribution in [0.15, 0.2) is 0 Å². The summed E-state index contributed by atoms with van der Waals surface area (Å²) in [6.45, 7) is 4.34. The Morgan fingerprint density at radius 3 is 2.61 bits per heavy atom. The van der Waals surface area contributed by atoms with Crippen molar-refractivity contribution in [2.45, 2.75) is 57.8 Å². The molecule has 1 heterocycles. The molecule has 0 bridgehead atoms. The van der Waals surface area contributed by atoms with Gasteiger partial charge in [-0.05, 0) is 38.6 Å². The van der Waals surface area contributed by atoms with Crippen LogP contribution < -0.4 is 0 Å². The van der Waals surface area contributed by atoms with E-state index in [0.717, 1.165) is 6.42 Å². The average molecular weight is 267 g/mol. The van der Waals surface area contributed by atoms with Crippen molar-refractivity contribution in [1.29, 1.82) is 0 Å². The van der Waals surface area contributed by atoms with Crippen LogP contribution in [0.1, 0.15) is 39.5 Å². The summed E-state index contributed by atoms with van der Waals surface area (Å²) in [6.07, 6.45) is -3.68. The molecule has 1 rings (SSSR count). The maximum atomic E-state index is 12.0. The molecule has 3 nitrogen and oxygen atoms in total. The highest BCUT2D eigenvalue weighted by Gasteiger charge is 2.39. The van der Waals surface area contributed by atoms with Gasteiger partial charge in [0.2, 0.25) is 0 Å². The summed E-state index contributed by atoms with van der Waals surface area (Å²) in [7, 11) is 0. The van der Waals surface area contributed by atoms with E-state index in [0.29, 0.717) is 13.0 Å². The van der Waals surface area contributed by atoms with Crippen molar-refractivity contribution in [3.63, 3.8) is 0 Å². The van der Waals surface area contributed by atoms with Crippen molar-refractivity contribution < 1.29 is 23.1 Å².